The number of nitrogens with one attached hydrogen (secondary N) is 1. The van der Waals surface area contributed by atoms with Crippen molar-refractivity contribution < 1.29 is 14.2 Å². The molecule has 130 valence electrons. The lowest BCUT2D eigenvalue weighted by atomic mass is 9.78. The second-order valence-electron chi connectivity index (χ2n) is 7.08. The van der Waals surface area contributed by atoms with Gasteiger partial charge in [-0.2, -0.15) is 0 Å². The molecule has 5 rings (SSSR count). The molecule has 3 aromatic rings. The molecule has 6 nitrogen and oxygen atoms in total. The number of aliphatic hydroxyl groups excluding tert-OH is 1. The first-order chi connectivity index (χ1) is 12.2. The molecule has 1 aliphatic carbocycles. The number of morpholine rings is 1. The molecule has 1 atom stereocenters. The molecule has 0 amide bonds. The number of ether oxygens (including phenoxy) is 1. The standard InChI is InChI=1S/C18H19FN4O2/c19-11-2-3-13-14(6-11)22-16-15(13)17(21-10-20-16)23-7-12(8-24)25-18(9-23)4-1-5-18/h2-3,6,10,12,24H,1,4-5,7-9H2,(H,20,21,22). The fraction of sp³-hybridized carbons (Fsp3) is 0.444. The maximum atomic E-state index is 13.6. The maximum Gasteiger partial charge on any atom is 0.143 e. The van der Waals surface area contributed by atoms with Gasteiger partial charge >= 0.3 is 0 Å². The molecular formula is C18H19FN4O2. The number of H-pyrrole nitrogens is 1. The van der Waals surface area contributed by atoms with Gasteiger partial charge in [0.1, 0.15) is 23.6 Å². The van der Waals surface area contributed by atoms with E-state index in [9.17, 15) is 9.50 Å². The second kappa shape index (κ2) is 5.37. The summed E-state index contributed by atoms with van der Waals surface area (Å²) < 4.78 is 19.7. The van der Waals surface area contributed by atoms with Crippen LogP contribution in [0.3, 0.4) is 0 Å². The number of nitrogens with zero attached hydrogens (tertiary/aromatic N) is 3. The Morgan fingerprint density at radius 3 is 3.00 bits per heavy atom. The van der Waals surface area contributed by atoms with Gasteiger partial charge in [-0.05, 0) is 37.5 Å². The molecule has 2 aromatic heterocycles. The number of aromatic amines is 1. The van der Waals surface area contributed by atoms with Crippen molar-refractivity contribution in [2.75, 3.05) is 24.6 Å². The highest BCUT2D eigenvalue weighted by Gasteiger charge is 2.45. The topological polar surface area (TPSA) is 74.3 Å². The SMILES string of the molecule is OCC1CN(c2ncnc3[nH]c4cc(F)ccc4c23)CC2(CCC2)O1. The van der Waals surface area contributed by atoms with E-state index in [1.807, 2.05) is 0 Å². The Kier molecular flexibility index (Phi) is 3.23. The zero-order valence-corrected chi connectivity index (χ0v) is 13.7. The molecule has 0 bridgehead atoms. The third-order valence-electron chi connectivity index (χ3n) is 5.42. The molecule has 2 fully saturated rings. The number of aromatic nitrogens is 3. The normalized spacial score (nSPS) is 22.6. The summed E-state index contributed by atoms with van der Waals surface area (Å²) in [5.41, 5.74) is 1.23. The molecule has 3 heterocycles. The van der Waals surface area contributed by atoms with Gasteiger partial charge in [0.25, 0.3) is 0 Å². The zero-order chi connectivity index (χ0) is 17.0. The van der Waals surface area contributed by atoms with Crippen molar-refractivity contribution in [1.29, 1.82) is 0 Å². The van der Waals surface area contributed by atoms with Gasteiger partial charge in [-0.1, -0.05) is 0 Å². The number of aliphatic hydroxyl groups is 1. The smallest absolute Gasteiger partial charge is 0.143 e. The van der Waals surface area contributed by atoms with Crippen molar-refractivity contribution in [3.05, 3.63) is 30.3 Å². The van der Waals surface area contributed by atoms with E-state index in [4.69, 9.17) is 4.74 Å². The minimum absolute atomic E-state index is 0.00836. The Hall–Kier alpha value is -2.25. The molecule has 1 saturated heterocycles. The summed E-state index contributed by atoms with van der Waals surface area (Å²) in [4.78, 5) is 14.2. The monoisotopic (exact) mass is 342 g/mol. The molecule has 25 heavy (non-hydrogen) atoms. The summed E-state index contributed by atoms with van der Waals surface area (Å²) in [6.07, 6.45) is 4.47. The lowest BCUT2D eigenvalue weighted by Gasteiger charge is -2.51. The summed E-state index contributed by atoms with van der Waals surface area (Å²) in [6, 6.07) is 4.69. The molecular weight excluding hydrogens is 323 g/mol. The average molecular weight is 342 g/mol. The van der Waals surface area contributed by atoms with Crippen molar-refractivity contribution in [3.63, 3.8) is 0 Å². The summed E-state index contributed by atoms with van der Waals surface area (Å²) in [5, 5.41) is 11.4. The van der Waals surface area contributed by atoms with Crippen LogP contribution in [0.15, 0.2) is 24.5 Å². The number of fused-ring (bicyclic) bond motifs is 3. The molecule has 1 aliphatic heterocycles. The van der Waals surface area contributed by atoms with Crippen LogP contribution in [0.25, 0.3) is 21.9 Å². The lowest BCUT2D eigenvalue weighted by Crippen LogP contribution is -2.60. The molecule has 1 saturated carbocycles. The molecule has 2 aliphatic rings. The third kappa shape index (κ3) is 2.30. The van der Waals surface area contributed by atoms with E-state index in [1.54, 1.807) is 6.07 Å². The van der Waals surface area contributed by atoms with E-state index >= 15 is 0 Å². The quantitative estimate of drug-likeness (QED) is 0.748. The van der Waals surface area contributed by atoms with Crippen molar-refractivity contribution in [1.82, 2.24) is 15.0 Å². The summed E-state index contributed by atoms with van der Waals surface area (Å²) in [7, 11) is 0. The van der Waals surface area contributed by atoms with Gasteiger partial charge < -0.3 is 19.7 Å². The van der Waals surface area contributed by atoms with Crippen LogP contribution in [0.1, 0.15) is 19.3 Å². The van der Waals surface area contributed by atoms with E-state index in [0.717, 1.165) is 42.4 Å². The van der Waals surface area contributed by atoms with Crippen LogP contribution in [-0.4, -0.2) is 51.5 Å². The molecule has 0 radical (unpaired) electrons. The Morgan fingerprint density at radius 1 is 1.36 bits per heavy atom. The lowest BCUT2D eigenvalue weighted by molar-refractivity contribution is -0.159. The Balaban J connectivity index is 1.65. The van der Waals surface area contributed by atoms with Crippen LogP contribution in [0.2, 0.25) is 0 Å². The Labute approximate surface area is 143 Å². The predicted octanol–water partition coefficient (Wildman–Crippen LogP) is 2.37. The zero-order valence-electron chi connectivity index (χ0n) is 13.7. The predicted molar refractivity (Wildman–Crippen MR) is 92.1 cm³/mol. The third-order valence-corrected chi connectivity index (χ3v) is 5.42. The van der Waals surface area contributed by atoms with E-state index in [0.29, 0.717) is 17.7 Å². The van der Waals surface area contributed by atoms with Crippen LogP contribution in [0.5, 0.6) is 0 Å². The molecule has 1 aromatic carbocycles. The highest BCUT2D eigenvalue weighted by Crippen LogP contribution is 2.42. The van der Waals surface area contributed by atoms with E-state index < -0.39 is 0 Å². The fourth-order valence-corrected chi connectivity index (χ4v) is 4.11. The fourth-order valence-electron chi connectivity index (χ4n) is 4.11. The summed E-state index contributed by atoms with van der Waals surface area (Å²) in [6.45, 7) is 1.33. The van der Waals surface area contributed by atoms with Crippen LogP contribution in [0, 0.1) is 5.82 Å². The van der Waals surface area contributed by atoms with Crippen molar-refractivity contribution >= 4 is 27.8 Å². The Bertz CT molecular complexity index is 953. The summed E-state index contributed by atoms with van der Waals surface area (Å²) in [5.74, 6) is 0.532. The first-order valence-corrected chi connectivity index (χ1v) is 8.63. The maximum absolute atomic E-state index is 13.6. The van der Waals surface area contributed by atoms with Crippen LogP contribution in [-0.2, 0) is 4.74 Å². The number of rotatable bonds is 2. The van der Waals surface area contributed by atoms with Gasteiger partial charge in [0.2, 0.25) is 0 Å². The van der Waals surface area contributed by atoms with Gasteiger partial charge in [-0.15, -0.1) is 0 Å². The number of hydrogen-bond donors (Lipinski definition) is 2. The van der Waals surface area contributed by atoms with E-state index in [-0.39, 0.29) is 24.1 Å². The van der Waals surface area contributed by atoms with Gasteiger partial charge in [0.15, 0.2) is 0 Å². The van der Waals surface area contributed by atoms with E-state index in [2.05, 4.69) is 19.9 Å². The minimum Gasteiger partial charge on any atom is -0.394 e. The van der Waals surface area contributed by atoms with Gasteiger partial charge in [-0.25, -0.2) is 14.4 Å². The Morgan fingerprint density at radius 2 is 2.24 bits per heavy atom. The van der Waals surface area contributed by atoms with Crippen molar-refractivity contribution in [3.8, 4) is 0 Å². The number of halogens is 1. The summed E-state index contributed by atoms with van der Waals surface area (Å²) >= 11 is 0. The highest BCUT2D eigenvalue weighted by molar-refractivity contribution is 6.11. The van der Waals surface area contributed by atoms with Crippen LogP contribution < -0.4 is 4.90 Å². The minimum atomic E-state index is -0.284. The number of benzene rings is 1. The average Bonchev–Trinajstić information content (AvgIpc) is 2.97. The number of anilines is 1. The van der Waals surface area contributed by atoms with E-state index in [1.165, 1.54) is 18.5 Å². The first kappa shape index (κ1) is 15.0. The molecule has 1 spiro atoms. The van der Waals surface area contributed by atoms with Crippen LogP contribution >= 0.6 is 0 Å². The van der Waals surface area contributed by atoms with Gasteiger partial charge in [0.05, 0.1) is 29.2 Å². The second-order valence-corrected chi connectivity index (χ2v) is 7.08. The first-order valence-electron chi connectivity index (χ1n) is 8.63. The molecule has 2 N–H and O–H groups in total. The molecule has 7 heteroatoms. The van der Waals surface area contributed by atoms with Crippen molar-refractivity contribution in [2.24, 2.45) is 0 Å². The van der Waals surface area contributed by atoms with Crippen LogP contribution in [0.4, 0.5) is 10.2 Å². The van der Waals surface area contributed by atoms with Gasteiger partial charge in [0, 0.05) is 18.5 Å². The largest absolute Gasteiger partial charge is 0.394 e. The van der Waals surface area contributed by atoms with Crippen molar-refractivity contribution in [2.45, 2.75) is 31.0 Å². The van der Waals surface area contributed by atoms with Gasteiger partial charge in [-0.3, -0.25) is 0 Å². The molecule has 1 unspecified atom stereocenters. The highest BCUT2D eigenvalue weighted by atomic mass is 19.1. The number of hydrogen-bond acceptors (Lipinski definition) is 5.